The molecule has 2 heterocycles. The zero-order chi connectivity index (χ0) is 29.5. The molecule has 2 bridgehead atoms. The number of hydrogen-bond donors (Lipinski definition) is 1. The Hall–Kier alpha value is -5.22. The van der Waals surface area contributed by atoms with Crippen LogP contribution in [0.4, 0.5) is 16.5 Å². The predicted octanol–water partition coefficient (Wildman–Crippen LogP) is 6.16. The lowest BCUT2D eigenvalue weighted by atomic mass is 9.47. The first-order valence-electron chi connectivity index (χ1n) is 13.9. The molecule has 2 amide bonds. The Balaban J connectivity index is 1.32. The van der Waals surface area contributed by atoms with Crippen LogP contribution in [-0.4, -0.2) is 27.9 Å². The van der Waals surface area contributed by atoms with Gasteiger partial charge in [0.05, 0.1) is 32.4 Å². The number of nitro benzene ring substituents is 1. The van der Waals surface area contributed by atoms with Gasteiger partial charge in [0.1, 0.15) is 5.69 Å². The van der Waals surface area contributed by atoms with Crippen molar-refractivity contribution in [1.82, 2.24) is 4.98 Å². The van der Waals surface area contributed by atoms with Crippen molar-refractivity contribution in [3.8, 4) is 0 Å². The molecular weight excluding hydrogens is 562 g/mol. The van der Waals surface area contributed by atoms with Gasteiger partial charge in [0.25, 0.3) is 5.69 Å². The third-order valence-electron chi connectivity index (χ3n) is 8.97. The highest BCUT2D eigenvalue weighted by molar-refractivity contribution is 7.22. The number of carbonyl (C=O) groups excluding carboxylic acids is 2. The van der Waals surface area contributed by atoms with Gasteiger partial charge in [0.2, 0.25) is 16.9 Å². The molecule has 1 aliphatic heterocycles. The van der Waals surface area contributed by atoms with Gasteiger partial charge in [0.15, 0.2) is 0 Å². The van der Waals surface area contributed by atoms with Gasteiger partial charge < -0.3 is 0 Å². The minimum atomic E-state index is -1.10. The molecule has 0 saturated carbocycles. The van der Waals surface area contributed by atoms with E-state index in [1.807, 2.05) is 72.8 Å². The van der Waals surface area contributed by atoms with Crippen molar-refractivity contribution in [2.24, 2.45) is 16.9 Å². The summed E-state index contributed by atoms with van der Waals surface area (Å²) in [6.45, 7) is 1.74. The lowest BCUT2D eigenvalue weighted by Gasteiger charge is -2.52. The summed E-state index contributed by atoms with van der Waals surface area (Å²) < 4.78 is 1.01. The highest BCUT2D eigenvalue weighted by atomic mass is 32.1. The number of nitrogens with zero attached hydrogens (tertiary/aromatic N) is 4. The maximum atomic E-state index is 14.6. The van der Waals surface area contributed by atoms with Crippen LogP contribution < -0.4 is 10.3 Å². The number of aromatic nitrogens is 1. The van der Waals surface area contributed by atoms with E-state index in [4.69, 9.17) is 0 Å². The number of hydrazone groups is 1. The van der Waals surface area contributed by atoms with Crippen LogP contribution in [0.2, 0.25) is 0 Å². The standard InChI is InChI=1S/C33H23N5O4S/c1-18-14-15-24(25(16-18)38(41)42)37-30(39)28-27-19-8-2-4-10-21(19)33(29(28)31(37)40,22-11-5-3-9-20(22)27)17-34-36-32-35-23-12-6-7-13-26(23)43-32/h2-17,27-29H,1H3,(H,35,36)/b34-17+. The van der Waals surface area contributed by atoms with E-state index in [9.17, 15) is 19.7 Å². The number of rotatable bonds is 5. The fraction of sp³-hybridized carbons (Fsp3) is 0.152. The number of hydrogen-bond acceptors (Lipinski definition) is 8. The molecule has 0 spiro atoms. The van der Waals surface area contributed by atoms with E-state index in [2.05, 4.69) is 15.5 Å². The Kier molecular flexibility index (Phi) is 5.42. The summed E-state index contributed by atoms with van der Waals surface area (Å²) in [7, 11) is 0. The fourth-order valence-corrected chi connectivity index (χ4v) is 8.18. The molecule has 4 aromatic carbocycles. The third-order valence-corrected chi connectivity index (χ3v) is 9.92. The van der Waals surface area contributed by atoms with Crippen LogP contribution in [0.3, 0.4) is 0 Å². The molecule has 5 aromatic rings. The van der Waals surface area contributed by atoms with Crippen LogP contribution in [0.1, 0.15) is 33.7 Å². The first-order valence-corrected chi connectivity index (χ1v) is 14.7. The largest absolute Gasteiger partial charge is 0.293 e. The number of carbonyl (C=O) groups is 2. The van der Waals surface area contributed by atoms with Crippen molar-refractivity contribution in [2.45, 2.75) is 18.3 Å². The Bertz CT molecular complexity index is 1970. The number of para-hydroxylation sites is 1. The van der Waals surface area contributed by atoms with Gasteiger partial charge in [-0.2, -0.15) is 5.10 Å². The summed E-state index contributed by atoms with van der Waals surface area (Å²) in [4.78, 5) is 46.1. The number of nitro groups is 1. The molecule has 43 heavy (non-hydrogen) atoms. The van der Waals surface area contributed by atoms with Gasteiger partial charge in [-0.25, -0.2) is 9.88 Å². The van der Waals surface area contributed by atoms with Crippen LogP contribution in [0.5, 0.6) is 0 Å². The van der Waals surface area contributed by atoms with Crippen LogP contribution in [0.15, 0.2) is 96.1 Å². The summed E-state index contributed by atoms with van der Waals surface area (Å²) in [6.07, 6.45) is 1.74. The number of thiazole rings is 1. The summed E-state index contributed by atoms with van der Waals surface area (Å²) in [5, 5.41) is 17.4. The maximum Gasteiger partial charge on any atom is 0.293 e. The number of anilines is 2. The quantitative estimate of drug-likeness (QED) is 0.114. The smallest absolute Gasteiger partial charge is 0.274 e. The molecule has 0 radical (unpaired) electrons. The van der Waals surface area contributed by atoms with E-state index in [1.54, 1.807) is 19.2 Å². The molecule has 2 atom stereocenters. The summed E-state index contributed by atoms with van der Waals surface area (Å²) in [5.74, 6) is -2.89. The monoisotopic (exact) mass is 585 g/mol. The van der Waals surface area contributed by atoms with Crippen molar-refractivity contribution < 1.29 is 14.5 Å². The number of aryl methyl sites for hydroxylation is 1. The minimum absolute atomic E-state index is 0.00722. The molecule has 9 rings (SSSR count). The van der Waals surface area contributed by atoms with E-state index in [0.29, 0.717) is 10.7 Å². The van der Waals surface area contributed by atoms with Gasteiger partial charge in [-0.05, 0) is 52.9 Å². The second-order valence-corrected chi connectivity index (χ2v) is 12.2. The van der Waals surface area contributed by atoms with Crippen molar-refractivity contribution >= 4 is 56.1 Å². The average molecular weight is 586 g/mol. The maximum absolute atomic E-state index is 14.6. The van der Waals surface area contributed by atoms with Gasteiger partial charge in [-0.1, -0.05) is 78.1 Å². The molecule has 9 nitrogen and oxygen atoms in total. The minimum Gasteiger partial charge on any atom is -0.274 e. The molecule has 1 saturated heterocycles. The summed E-state index contributed by atoms with van der Waals surface area (Å²) in [5.41, 5.74) is 6.91. The van der Waals surface area contributed by atoms with Gasteiger partial charge in [-0.15, -0.1) is 0 Å². The van der Waals surface area contributed by atoms with Crippen LogP contribution in [-0.2, 0) is 15.0 Å². The molecule has 2 unspecified atom stereocenters. The van der Waals surface area contributed by atoms with Gasteiger partial charge in [-0.3, -0.25) is 25.1 Å². The topological polar surface area (TPSA) is 118 Å². The Labute approximate surface area is 249 Å². The van der Waals surface area contributed by atoms with E-state index in [-0.39, 0.29) is 17.3 Å². The van der Waals surface area contributed by atoms with Crippen LogP contribution in [0.25, 0.3) is 10.2 Å². The molecule has 1 N–H and O–H groups in total. The summed E-state index contributed by atoms with van der Waals surface area (Å²) in [6, 6.07) is 28.1. The van der Waals surface area contributed by atoms with Crippen molar-refractivity contribution in [3.05, 3.63) is 129 Å². The normalized spacial score (nSPS) is 23.5. The van der Waals surface area contributed by atoms with E-state index in [1.165, 1.54) is 23.5 Å². The number of imide groups is 1. The highest BCUT2D eigenvalue weighted by Crippen LogP contribution is 2.64. The average Bonchev–Trinajstić information content (AvgIpc) is 3.55. The number of benzene rings is 4. The molecular formula is C33H23N5O4S. The molecule has 10 heteroatoms. The Morgan fingerprint density at radius 3 is 2.33 bits per heavy atom. The lowest BCUT2D eigenvalue weighted by molar-refractivity contribution is -0.384. The Morgan fingerprint density at radius 2 is 1.63 bits per heavy atom. The second-order valence-electron chi connectivity index (χ2n) is 11.1. The third kappa shape index (κ3) is 3.44. The van der Waals surface area contributed by atoms with Crippen LogP contribution in [0, 0.1) is 28.9 Å². The second kappa shape index (κ2) is 9.14. The highest BCUT2D eigenvalue weighted by Gasteiger charge is 2.68. The SMILES string of the molecule is Cc1ccc(N2C(=O)C3C4c5ccccc5C(/C=N/Nc5nc6ccccc6s5)(c5ccccc54)C3C2=O)c([N+](=O)[O-])c1. The summed E-state index contributed by atoms with van der Waals surface area (Å²) >= 11 is 1.47. The molecule has 1 aromatic heterocycles. The van der Waals surface area contributed by atoms with Crippen LogP contribution >= 0.6 is 11.3 Å². The van der Waals surface area contributed by atoms with Crippen molar-refractivity contribution in [2.75, 3.05) is 10.3 Å². The van der Waals surface area contributed by atoms with E-state index < -0.39 is 34.0 Å². The molecule has 210 valence electrons. The number of amides is 2. The zero-order valence-corrected chi connectivity index (χ0v) is 23.6. The molecule has 1 fully saturated rings. The number of nitrogens with one attached hydrogen (secondary N) is 1. The predicted molar refractivity (Wildman–Crippen MR) is 165 cm³/mol. The first kappa shape index (κ1) is 25.5. The van der Waals surface area contributed by atoms with Crippen molar-refractivity contribution in [1.29, 1.82) is 0 Å². The number of fused-ring (bicyclic) bond motifs is 1. The lowest BCUT2D eigenvalue weighted by Crippen LogP contribution is -2.54. The van der Waals surface area contributed by atoms with Gasteiger partial charge >= 0.3 is 0 Å². The van der Waals surface area contributed by atoms with E-state index >= 15 is 0 Å². The molecule has 3 aliphatic carbocycles. The first-order chi connectivity index (χ1) is 20.9. The Morgan fingerprint density at radius 1 is 0.953 bits per heavy atom. The molecule has 4 aliphatic rings. The zero-order valence-electron chi connectivity index (χ0n) is 22.8. The van der Waals surface area contributed by atoms with Gasteiger partial charge in [0, 0.05) is 18.2 Å². The van der Waals surface area contributed by atoms with Crippen molar-refractivity contribution in [3.63, 3.8) is 0 Å². The fourth-order valence-electron chi connectivity index (χ4n) is 7.37. The van der Waals surface area contributed by atoms with E-state index in [0.717, 1.165) is 37.4 Å².